The van der Waals surface area contributed by atoms with Crippen molar-refractivity contribution in [1.29, 1.82) is 0 Å². The zero-order chi connectivity index (χ0) is 20.8. The van der Waals surface area contributed by atoms with Crippen LogP contribution in [0.3, 0.4) is 0 Å². The molecule has 0 saturated carbocycles. The molecule has 0 radical (unpaired) electrons. The number of methoxy groups -OCH3 is 1. The molecule has 0 amide bonds. The number of aryl methyl sites for hydroxylation is 2. The Kier molecular flexibility index (Phi) is 6.50. The molecule has 5 heteroatoms. The highest BCUT2D eigenvalue weighted by Gasteiger charge is 2.11. The van der Waals surface area contributed by atoms with E-state index in [2.05, 4.69) is 58.7 Å². The lowest BCUT2D eigenvalue weighted by atomic mass is 10.1. The largest absolute Gasteiger partial charge is 0.479 e. The third-order valence-electron chi connectivity index (χ3n) is 4.92. The first-order valence-corrected chi connectivity index (χ1v) is 11.1. The molecule has 2 heterocycles. The van der Waals surface area contributed by atoms with Crippen LogP contribution in [-0.4, -0.2) is 22.1 Å². The Morgan fingerprint density at radius 2 is 1.80 bits per heavy atom. The third-order valence-corrected chi connectivity index (χ3v) is 5.74. The summed E-state index contributed by atoms with van der Waals surface area (Å²) in [7, 11) is 1.64. The average molecular weight is 416 g/mol. The summed E-state index contributed by atoms with van der Waals surface area (Å²) in [4.78, 5) is 13.9. The van der Waals surface area contributed by atoms with Crippen LogP contribution >= 0.6 is 11.3 Å². The van der Waals surface area contributed by atoms with Crippen molar-refractivity contribution < 1.29 is 4.74 Å². The Balaban J connectivity index is 1.42. The molecule has 0 aliphatic carbocycles. The van der Waals surface area contributed by atoms with Crippen LogP contribution in [0, 0.1) is 6.92 Å². The van der Waals surface area contributed by atoms with Crippen molar-refractivity contribution in [2.24, 2.45) is 0 Å². The topological polar surface area (TPSA) is 47.9 Å². The first kappa shape index (κ1) is 20.2. The second-order valence-electron chi connectivity index (χ2n) is 7.20. The fourth-order valence-corrected chi connectivity index (χ4v) is 4.06. The van der Waals surface area contributed by atoms with Gasteiger partial charge in [0.05, 0.1) is 28.8 Å². The lowest BCUT2D eigenvalue weighted by molar-refractivity contribution is 0.400. The van der Waals surface area contributed by atoms with Gasteiger partial charge in [0.15, 0.2) is 0 Å². The van der Waals surface area contributed by atoms with E-state index in [1.807, 2.05) is 24.3 Å². The molecule has 0 unspecified atom stereocenters. The molecule has 4 nitrogen and oxygen atoms in total. The normalized spacial score (nSPS) is 11.4. The van der Waals surface area contributed by atoms with Crippen LogP contribution in [0.1, 0.15) is 35.5 Å². The van der Waals surface area contributed by atoms with Crippen molar-refractivity contribution in [3.8, 4) is 17.1 Å². The van der Waals surface area contributed by atoms with Gasteiger partial charge in [0.1, 0.15) is 5.69 Å². The van der Waals surface area contributed by atoms with E-state index in [4.69, 9.17) is 9.72 Å². The monoisotopic (exact) mass is 415 g/mol. The van der Waals surface area contributed by atoms with Crippen molar-refractivity contribution >= 4 is 28.4 Å². The van der Waals surface area contributed by atoms with Crippen molar-refractivity contribution in [3.63, 3.8) is 0 Å². The minimum absolute atomic E-state index is 0.548. The van der Waals surface area contributed by atoms with E-state index in [0.29, 0.717) is 5.88 Å². The third kappa shape index (κ3) is 4.92. The quantitative estimate of drug-likeness (QED) is 0.308. The molecule has 0 fully saturated rings. The zero-order valence-electron chi connectivity index (χ0n) is 17.3. The van der Waals surface area contributed by atoms with Gasteiger partial charge in [0, 0.05) is 10.9 Å². The standard InChI is InChI=1S/C25H25N3OS/c1-18-26-21(17-30-18)13-6-4-3-5-10-19-11-9-12-20(16-19)24-25(29-2)28-23-15-8-7-14-22(23)27-24/h5,7-12,14-17H,3-4,6,13H2,1-2H3/b10-5+. The summed E-state index contributed by atoms with van der Waals surface area (Å²) in [5.41, 5.74) is 5.85. The van der Waals surface area contributed by atoms with E-state index in [-0.39, 0.29) is 0 Å². The van der Waals surface area contributed by atoms with Crippen molar-refractivity contribution in [1.82, 2.24) is 15.0 Å². The number of para-hydroxylation sites is 2. The van der Waals surface area contributed by atoms with Crippen molar-refractivity contribution in [3.05, 3.63) is 76.3 Å². The van der Waals surface area contributed by atoms with Crippen LogP contribution in [-0.2, 0) is 6.42 Å². The molecule has 0 aliphatic rings. The first-order chi connectivity index (χ1) is 14.7. The van der Waals surface area contributed by atoms with Gasteiger partial charge < -0.3 is 4.74 Å². The molecule has 152 valence electrons. The number of unbranched alkanes of at least 4 members (excludes halogenated alkanes) is 2. The number of aromatic nitrogens is 3. The first-order valence-electron chi connectivity index (χ1n) is 10.2. The summed E-state index contributed by atoms with van der Waals surface area (Å²) in [6.45, 7) is 2.06. The smallest absolute Gasteiger partial charge is 0.240 e. The second-order valence-corrected chi connectivity index (χ2v) is 8.26. The van der Waals surface area contributed by atoms with Crippen molar-refractivity contribution in [2.45, 2.75) is 32.6 Å². The van der Waals surface area contributed by atoms with E-state index in [1.165, 1.54) is 5.69 Å². The van der Waals surface area contributed by atoms with Gasteiger partial charge in [-0.05, 0) is 56.4 Å². The predicted octanol–water partition coefficient (Wildman–Crippen LogP) is 6.50. The molecule has 30 heavy (non-hydrogen) atoms. The van der Waals surface area contributed by atoms with Crippen LogP contribution in [0.4, 0.5) is 0 Å². The van der Waals surface area contributed by atoms with Gasteiger partial charge in [0.2, 0.25) is 5.88 Å². The van der Waals surface area contributed by atoms with Crippen LogP contribution < -0.4 is 4.74 Å². The van der Waals surface area contributed by atoms with E-state index >= 15 is 0 Å². The van der Waals surface area contributed by atoms with Crippen molar-refractivity contribution in [2.75, 3.05) is 7.11 Å². The lowest BCUT2D eigenvalue weighted by Crippen LogP contribution is -1.96. The van der Waals surface area contributed by atoms with E-state index < -0.39 is 0 Å². The minimum Gasteiger partial charge on any atom is -0.479 e. The van der Waals surface area contributed by atoms with Gasteiger partial charge in [-0.1, -0.05) is 42.5 Å². The Labute approximate surface area is 181 Å². The second kappa shape index (κ2) is 9.63. The van der Waals surface area contributed by atoms with Gasteiger partial charge in [0.25, 0.3) is 0 Å². The number of rotatable bonds is 8. The molecular formula is C25H25N3OS. The Bertz CT molecular complexity index is 1170. The summed E-state index contributed by atoms with van der Waals surface area (Å²) in [5, 5.41) is 3.32. The van der Waals surface area contributed by atoms with Gasteiger partial charge in [-0.3, -0.25) is 0 Å². The number of allylic oxidation sites excluding steroid dienone is 1. The molecule has 0 atom stereocenters. The highest BCUT2D eigenvalue weighted by atomic mass is 32.1. The predicted molar refractivity (Wildman–Crippen MR) is 125 cm³/mol. The lowest BCUT2D eigenvalue weighted by Gasteiger charge is -2.09. The summed E-state index contributed by atoms with van der Waals surface area (Å²) < 4.78 is 5.52. The van der Waals surface area contributed by atoms with Gasteiger partial charge in [-0.2, -0.15) is 0 Å². The zero-order valence-corrected chi connectivity index (χ0v) is 18.2. The van der Waals surface area contributed by atoms with E-state index in [9.17, 15) is 0 Å². The summed E-state index contributed by atoms with van der Waals surface area (Å²) in [5.74, 6) is 0.548. The number of fused-ring (bicyclic) bond motifs is 1. The van der Waals surface area contributed by atoms with Crippen LogP contribution in [0.25, 0.3) is 28.4 Å². The molecule has 0 spiro atoms. The average Bonchev–Trinajstić information content (AvgIpc) is 3.20. The SMILES string of the molecule is COc1nc2ccccc2nc1-c1cccc(/C=C/CCCCc2csc(C)n2)c1. The van der Waals surface area contributed by atoms with Gasteiger partial charge >= 0.3 is 0 Å². The number of nitrogens with zero attached hydrogens (tertiary/aromatic N) is 3. The fourth-order valence-electron chi connectivity index (χ4n) is 3.41. The van der Waals surface area contributed by atoms with E-state index in [1.54, 1.807) is 18.4 Å². The van der Waals surface area contributed by atoms with Crippen LogP contribution in [0.2, 0.25) is 0 Å². The highest BCUT2D eigenvalue weighted by molar-refractivity contribution is 7.09. The van der Waals surface area contributed by atoms with Crippen LogP contribution in [0.15, 0.2) is 60.0 Å². The maximum atomic E-state index is 5.52. The number of hydrogen-bond acceptors (Lipinski definition) is 5. The van der Waals surface area contributed by atoms with Crippen LogP contribution in [0.5, 0.6) is 5.88 Å². The number of ether oxygens (including phenoxy) is 1. The molecule has 0 N–H and O–H groups in total. The minimum atomic E-state index is 0.548. The maximum Gasteiger partial charge on any atom is 0.240 e. The highest BCUT2D eigenvalue weighted by Crippen LogP contribution is 2.29. The van der Waals surface area contributed by atoms with Gasteiger partial charge in [-0.25, -0.2) is 15.0 Å². The molecular weight excluding hydrogens is 390 g/mol. The Hall–Kier alpha value is -3.05. The fraction of sp³-hybridized carbons (Fsp3) is 0.240. The number of thiazole rings is 1. The molecule has 0 aliphatic heterocycles. The molecule has 2 aromatic carbocycles. The molecule has 4 aromatic rings. The molecule has 0 saturated heterocycles. The number of benzene rings is 2. The summed E-state index contributed by atoms with van der Waals surface area (Å²) >= 11 is 1.73. The summed E-state index contributed by atoms with van der Waals surface area (Å²) in [6.07, 6.45) is 8.88. The molecule has 4 rings (SSSR count). The molecule has 2 aromatic heterocycles. The van der Waals surface area contributed by atoms with Gasteiger partial charge in [-0.15, -0.1) is 11.3 Å². The number of hydrogen-bond donors (Lipinski definition) is 0. The molecule has 0 bridgehead atoms. The summed E-state index contributed by atoms with van der Waals surface area (Å²) in [6, 6.07) is 16.2. The van der Waals surface area contributed by atoms with E-state index in [0.717, 1.165) is 58.5 Å². The Morgan fingerprint density at radius 3 is 2.57 bits per heavy atom. The Morgan fingerprint density at radius 1 is 0.967 bits per heavy atom. The maximum absolute atomic E-state index is 5.52.